The number of hydrogen-bond donors (Lipinski definition) is 1. The van der Waals surface area contributed by atoms with Gasteiger partial charge >= 0.3 is 0 Å². The Hall–Kier alpha value is -1.59. The highest BCUT2D eigenvalue weighted by Gasteiger charge is 2.16. The monoisotopic (exact) mass is 316 g/mol. The maximum absolute atomic E-state index is 12.1. The van der Waals surface area contributed by atoms with Crippen LogP contribution in [0.4, 0.5) is 0 Å². The Morgan fingerprint density at radius 1 is 1.32 bits per heavy atom. The van der Waals surface area contributed by atoms with Gasteiger partial charge in [-0.15, -0.1) is 0 Å². The van der Waals surface area contributed by atoms with E-state index in [-0.39, 0.29) is 11.7 Å². The minimum absolute atomic E-state index is 0.0686. The Morgan fingerprint density at radius 2 is 2.14 bits per heavy atom. The number of nitrogens with one attached hydrogen (secondary N) is 1. The normalized spacial score (nSPS) is 18.3. The van der Waals surface area contributed by atoms with E-state index >= 15 is 0 Å². The van der Waals surface area contributed by atoms with Gasteiger partial charge in [0.15, 0.2) is 5.16 Å². The summed E-state index contributed by atoms with van der Waals surface area (Å²) >= 11 is 1.57. The number of hydrogen-bond acceptors (Lipinski definition) is 4. The lowest BCUT2D eigenvalue weighted by molar-refractivity contribution is 0.0315. The highest BCUT2D eigenvalue weighted by atomic mass is 32.2. The molecule has 1 aromatic heterocycles. The van der Waals surface area contributed by atoms with Crippen molar-refractivity contribution in [2.45, 2.75) is 37.4 Å². The molecule has 0 unspecified atom stereocenters. The number of ether oxygens (including phenoxy) is 1. The molecule has 0 bridgehead atoms. The summed E-state index contributed by atoms with van der Waals surface area (Å²) in [4.78, 5) is 19.7. The van der Waals surface area contributed by atoms with Crippen molar-refractivity contribution in [2.24, 2.45) is 0 Å². The predicted molar refractivity (Wildman–Crippen MR) is 89.3 cm³/mol. The minimum Gasteiger partial charge on any atom is -0.377 e. The molecule has 1 aromatic carbocycles. The van der Waals surface area contributed by atoms with Gasteiger partial charge in [0.05, 0.1) is 11.8 Å². The summed E-state index contributed by atoms with van der Waals surface area (Å²) in [6, 6.07) is 9.84. The molecule has 2 heterocycles. The van der Waals surface area contributed by atoms with Crippen molar-refractivity contribution in [1.29, 1.82) is 0 Å². The third kappa shape index (κ3) is 3.59. The van der Waals surface area contributed by atoms with E-state index in [9.17, 15) is 4.79 Å². The van der Waals surface area contributed by atoms with Gasteiger partial charge in [0, 0.05) is 23.5 Å². The van der Waals surface area contributed by atoms with Crippen LogP contribution in [0.5, 0.6) is 0 Å². The first-order valence-electron chi connectivity index (χ1n) is 7.65. The van der Waals surface area contributed by atoms with E-state index in [0.717, 1.165) is 36.5 Å². The van der Waals surface area contributed by atoms with Crippen LogP contribution in [-0.2, 0) is 4.74 Å². The van der Waals surface area contributed by atoms with Crippen LogP contribution in [0.15, 0.2) is 40.3 Å². The third-order valence-corrected chi connectivity index (χ3v) is 4.86. The van der Waals surface area contributed by atoms with E-state index in [4.69, 9.17) is 4.74 Å². The van der Waals surface area contributed by atoms with Crippen molar-refractivity contribution < 1.29 is 4.74 Å². The molecule has 1 N–H and O–H groups in total. The molecule has 0 aliphatic carbocycles. The average molecular weight is 316 g/mol. The van der Waals surface area contributed by atoms with Crippen LogP contribution in [0, 0.1) is 6.92 Å². The smallest absolute Gasteiger partial charge is 0.255 e. The Labute approximate surface area is 134 Å². The van der Waals surface area contributed by atoms with Gasteiger partial charge in [-0.25, -0.2) is 4.98 Å². The Morgan fingerprint density at radius 3 is 2.86 bits per heavy atom. The molecule has 22 heavy (non-hydrogen) atoms. The highest BCUT2D eigenvalue weighted by molar-refractivity contribution is 7.99. The van der Waals surface area contributed by atoms with E-state index in [0.29, 0.717) is 10.7 Å². The lowest BCUT2D eigenvalue weighted by atomic mass is 10.1. The van der Waals surface area contributed by atoms with Crippen LogP contribution < -0.4 is 5.56 Å². The third-order valence-electron chi connectivity index (χ3n) is 3.86. The second-order valence-electron chi connectivity index (χ2n) is 5.51. The summed E-state index contributed by atoms with van der Waals surface area (Å²) in [5.74, 6) is 0.834. The summed E-state index contributed by atoms with van der Waals surface area (Å²) in [5.41, 5.74) is 2.32. The van der Waals surface area contributed by atoms with E-state index in [1.54, 1.807) is 11.8 Å². The molecule has 1 aliphatic rings. The summed E-state index contributed by atoms with van der Waals surface area (Å²) in [5, 5.41) is 0.670. The van der Waals surface area contributed by atoms with Gasteiger partial charge in [0.1, 0.15) is 0 Å². The van der Waals surface area contributed by atoms with Crippen LogP contribution in [0.2, 0.25) is 0 Å². The maximum Gasteiger partial charge on any atom is 0.255 e. The van der Waals surface area contributed by atoms with Crippen molar-refractivity contribution in [3.05, 3.63) is 46.2 Å². The van der Waals surface area contributed by atoms with E-state index < -0.39 is 0 Å². The van der Waals surface area contributed by atoms with Crippen LogP contribution in [0.25, 0.3) is 11.3 Å². The van der Waals surface area contributed by atoms with Gasteiger partial charge in [0.2, 0.25) is 0 Å². The summed E-state index contributed by atoms with van der Waals surface area (Å²) in [6.07, 6.45) is 3.73. The standard InChI is InChI=1S/C17H20N2O2S/c1-12-15(13-7-3-2-4-8-13)18-17(19-16(12)20)22-11-14-9-5-6-10-21-14/h2-4,7-8,14H,5-6,9-11H2,1H3,(H,18,19,20)/t14-/m1/s1. The van der Waals surface area contributed by atoms with Crippen molar-refractivity contribution in [2.75, 3.05) is 12.4 Å². The topological polar surface area (TPSA) is 55.0 Å². The summed E-state index contributed by atoms with van der Waals surface area (Å²) in [7, 11) is 0. The van der Waals surface area contributed by atoms with Crippen LogP contribution in [0.3, 0.4) is 0 Å². The molecule has 0 spiro atoms. The molecule has 3 rings (SSSR count). The largest absolute Gasteiger partial charge is 0.377 e. The maximum atomic E-state index is 12.1. The van der Waals surface area contributed by atoms with E-state index in [1.807, 2.05) is 37.3 Å². The molecule has 0 radical (unpaired) electrons. The fourth-order valence-corrected chi connectivity index (χ4v) is 3.50. The van der Waals surface area contributed by atoms with E-state index in [1.165, 1.54) is 6.42 Å². The van der Waals surface area contributed by atoms with Crippen LogP contribution in [0.1, 0.15) is 24.8 Å². The zero-order valence-corrected chi connectivity index (χ0v) is 13.5. The molecule has 0 saturated carbocycles. The molecule has 116 valence electrons. The van der Waals surface area contributed by atoms with Gasteiger partial charge in [-0.1, -0.05) is 42.1 Å². The zero-order valence-electron chi connectivity index (χ0n) is 12.7. The van der Waals surface area contributed by atoms with Gasteiger partial charge in [-0.2, -0.15) is 0 Å². The number of benzene rings is 1. The van der Waals surface area contributed by atoms with Crippen molar-refractivity contribution in [3.8, 4) is 11.3 Å². The minimum atomic E-state index is -0.0686. The predicted octanol–water partition coefficient (Wildman–Crippen LogP) is 3.41. The first-order chi connectivity index (χ1) is 10.7. The summed E-state index contributed by atoms with van der Waals surface area (Å²) < 4.78 is 5.73. The number of H-pyrrole nitrogens is 1. The molecule has 2 aromatic rings. The molecule has 1 aliphatic heterocycles. The molecule has 1 fully saturated rings. The number of rotatable bonds is 4. The molecular weight excluding hydrogens is 296 g/mol. The number of nitrogens with zero attached hydrogens (tertiary/aromatic N) is 1. The van der Waals surface area contributed by atoms with E-state index in [2.05, 4.69) is 9.97 Å². The van der Waals surface area contributed by atoms with Gasteiger partial charge in [-0.3, -0.25) is 4.79 Å². The molecule has 4 nitrogen and oxygen atoms in total. The second kappa shape index (κ2) is 7.11. The van der Waals surface area contributed by atoms with Crippen LogP contribution >= 0.6 is 11.8 Å². The van der Waals surface area contributed by atoms with Crippen LogP contribution in [-0.4, -0.2) is 28.4 Å². The fourth-order valence-electron chi connectivity index (χ4n) is 2.57. The molecule has 5 heteroatoms. The first kappa shape index (κ1) is 15.3. The van der Waals surface area contributed by atoms with Crippen molar-refractivity contribution in [1.82, 2.24) is 9.97 Å². The highest BCUT2D eigenvalue weighted by Crippen LogP contribution is 2.24. The SMILES string of the molecule is Cc1c(-c2ccccc2)nc(SC[C@H]2CCCCO2)[nH]c1=O. The Bertz CT molecular complexity index is 679. The van der Waals surface area contributed by atoms with Gasteiger partial charge in [-0.05, 0) is 26.2 Å². The van der Waals surface area contributed by atoms with Crippen molar-refractivity contribution in [3.63, 3.8) is 0 Å². The molecule has 1 saturated heterocycles. The molecule has 1 atom stereocenters. The Balaban J connectivity index is 1.80. The number of aromatic amines is 1. The summed E-state index contributed by atoms with van der Waals surface area (Å²) in [6.45, 7) is 2.66. The molecule has 0 amide bonds. The lowest BCUT2D eigenvalue weighted by Crippen LogP contribution is -2.22. The van der Waals surface area contributed by atoms with Gasteiger partial charge in [0.25, 0.3) is 5.56 Å². The number of aromatic nitrogens is 2. The fraction of sp³-hybridized carbons (Fsp3) is 0.412. The van der Waals surface area contributed by atoms with Gasteiger partial charge < -0.3 is 9.72 Å². The number of thioether (sulfide) groups is 1. The second-order valence-corrected chi connectivity index (χ2v) is 6.52. The first-order valence-corrected chi connectivity index (χ1v) is 8.63. The van der Waals surface area contributed by atoms with Crippen molar-refractivity contribution >= 4 is 11.8 Å². The average Bonchev–Trinajstić information content (AvgIpc) is 2.57. The molecular formula is C17H20N2O2S. The quantitative estimate of drug-likeness (QED) is 0.694. The zero-order chi connectivity index (χ0) is 15.4. The Kier molecular flexibility index (Phi) is 4.95. The lowest BCUT2D eigenvalue weighted by Gasteiger charge is -2.21.